The van der Waals surface area contributed by atoms with Crippen LogP contribution in [0.4, 0.5) is 0 Å². The van der Waals surface area contributed by atoms with Crippen LogP contribution in [-0.4, -0.2) is 18.1 Å². The fourth-order valence-corrected chi connectivity index (χ4v) is 4.19. The Labute approximate surface area is 172 Å². The van der Waals surface area contributed by atoms with Gasteiger partial charge >= 0.3 is 0 Å². The molecule has 0 saturated heterocycles. The largest absolute Gasteiger partial charge is 0.507 e. The van der Waals surface area contributed by atoms with E-state index in [4.69, 9.17) is 0 Å². The van der Waals surface area contributed by atoms with Crippen molar-refractivity contribution >= 4 is 10.1 Å². The van der Waals surface area contributed by atoms with Crippen molar-refractivity contribution in [1.82, 2.24) is 0 Å². The van der Waals surface area contributed by atoms with E-state index in [1.165, 1.54) is 23.3 Å². The Bertz CT molecular complexity index is 1090. The lowest BCUT2D eigenvalue weighted by atomic mass is 9.87. The molecule has 3 aromatic carbocycles. The van der Waals surface area contributed by atoms with Gasteiger partial charge in [0.2, 0.25) is 0 Å². The zero-order valence-electron chi connectivity index (χ0n) is 16.8. The average Bonchev–Trinajstić information content (AvgIpc) is 2.73. The van der Waals surface area contributed by atoms with E-state index < -0.39 is 10.1 Å². The monoisotopic (exact) mass is 410 g/mol. The lowest BCUT2D eigenvalue weighted by Crippen LogP contribution is -2.05. The zero-order valence-corrected chi connectivity index (χ0v) is 17.6. The van der Waals surface area contributed by atoms with E-state index in [0.717, 1.165) is 5.56 Å². The van der Waals surface area contributed by atoms with Gasteiger partial charge in [0, 0.05) is 17.4 Å². The number of phenols is 1. The van der Waals surface area contributed by atoms with Gasteiger partial charge in [0.05, 0.1) is 4.90 Å². The molecule has 152 valence electrons. The summed E-state index contributed by atoms with van der Waals surface area (Å²) in [5.74, 6) is 0.0979. The second-order valence-electron chi connectivity index (χ2n) is 7.37. The van der Waals surface area contributed by atoms with Crippen LogP contribution >= 0.6 is 0 Å². The van der Waals surface area contributed by atoms with Crippen molar-refractivity contribution in [3.05, 3.63) is 94.5 Å². The molecule has 4 nitrogen and oxygen atoms in total. The molecule has 0 saturated carbocycles. The highest BCUT2D eigenvalue weighted by Crippen LogP contribution is 2.36. The van der Waals surface area contributed by atoms with Crippen LogP contribution in [0.3, 0.4) is 0 Å². The fraction of sp³-hybridized carbons (Fsp3) is 0.250. The van der Waals surface area contributed by atoms with E-state index in [2.05, 4.69) is 31.2 Å². The quantitative estimate of drug-likeness (QED) is 0.526. The van der Waals surface area contributed by atoms with E-state index in [1.54, 1.807) is 0 Å². The molecule has 0 heterocycles. The molecule has 0 aliphatic rings. The number of rotatable bonds is 6. The molecule has 0 spiro atoms. The molecule has 2 N–H and O–H groups in total. The maximum atomic E-state index is 11.7. The summed E-state index contributed by atoms with van der Waals surface area (Å²) in [6.07, 6.45) is 0.461. The van der Waals surface area contributed by atoms with Crippen molar-refractivity contribution in [2.45, 2.75) is 43.9 Å². The number of hydrogen-bond donors (Lipinski definition) is 2. The summed E-state index contributed by atoms with van der Waals surface area (Å²) < 4.78 is 32.8. The highest BCUT2D eigenvalue weighted by molar-refractivity contribution is 7.85. The van der Waals surface area contributed by atoms with E-state index >= 15 is 0 Å². The smallest absolute Gasteiger partial charge is 0.294 e. The lowest BCUT2D eigenvalue weighted by Gasteiger charge is -2.19. The van der Waals surface area contributed by atoms with Crippen LogP contribution in [0.1, 0.15) is 60.4 Å². The number of aromatic hydroxyl groups is 1. The Balaban J connectivity index is 1.96. The molecule has 2 atom stereocenters. The Hall–Kier alpha value is -2.63. The third-order valence-corrected chi connectivity index (χ3v) is 6.40. The van der Waals surface area contributed by atoms with Gasteiger partial charge in [-0.2, -0.15) is 8.42 Å². The van der Waals surface area contributed by atoms with E-state index in [0.29, 0.717) is 17.5 Å². The minimum atomic E-state index is -4.35. The molecule has 0 radical (unpaired) electrons. The van der Waals surface area contributed by atoms with Crippen molar-refractivity contribution in [2.24, 2.45) is 0 Å². The van der Waals surface area contributed by atoms with Gasteiger partial charge in [-0.15, -0.1) is 0 Å². The van der Waals surface area contributed by atoms with Crippen LogP contribution in [0.5, 0.6) is 5.75 Å². The van der Waals surface area contributed by atoms with Crippen LogP contribution in [0, 0.1) is 0 Å². The maximum absolute atomic E-state index is 11.7. The normalized spacial score (nSPS) is 13.8. The number of benzene rings is 3. The second kappa shape index (κ2) is 8.39. The van der Waals surface area contributed by atoms with Gasteiger partial charge in [-0.25, -0.2) is 0 Å². The first-order chi connectivity index (χ1) is 13.7. The first kappa shape index (κ1) is 21.1. The summed E-state index contributed by atoms with van der Waals surface area (Å²) >= 11 is 0. The molecule has 0 amide bonds. The standard InChI is InChI=1S/C24H26O4S/c1-4-18-14-22(29(26,27)28)15-23(24(18)25)17(3)21-12-10-20(11-13-21)16(2)19-8-6-5-7-9-19/h5-17,25H,4H2,1-3H3,(H,26,27,28). The van der Waals surface area contributed by atoms with Gasteiger partial charge in [0.25, 0.3) is 10.1 Å². The Morgan fingerprint density at radius 3 is 1.86 bits per heavy atom. The molecular weight excluding hydrogens is 384 g/mol. The molecule has 0 aromatic heterocycles. The summed E-state index contributed by atoms with van der Waals surface area (Å²) in [6.45, 7) is 5.90. The second-order valence-corrected chi connectivity index (χ2v) is 8.79. The zero-order chi connectivity index (χ0) is 21.2. The van der Waals surface area contributed by atoms with E-state index in [-0.39, 0.29) is 22.5 Å². The van der Waals surface area contributed by atoms with Crippen molar-refractivity contribution in [1.29, 1.82) is 0 Å². The van der Waals surface area contributed by atoms with Crippen LogP contribution in [0.25, 0.3) is 0 Å². The van der Waals surface area contributed by atoms with Crippen LogP contribution < -0.4 is 0 Å². The topological polar surface area (TPSA) is 74.6 Å². The third-order valence-electron chi connectivity index (χ3n) is 5.57. The Kier molecular flexibility index (Phi) is 6.10. The van der Waals surface area contributed by atoms with Gasteiger partial charge in [0.15, 0.2) is 0 Å². The highest BCUT2D eigenvalue weighted by atomic mass is 32.2. The van der Waals surface area contributed by atoms with Crippen molar-refractivity contribution in [3.8, 4) is 5.75 Å². The van der Waals surface area contributed by atoms with Crippen molar-refractivity contribution in [2.75, 3.05) is 0 Å². The summed E-state index contributed by atoms with van der Waals surface area (Å²) in [7, 11) is -4.35. The maximum Gasteiger partial charge on any atom is 0.294 e. The summed E-state index contributed by atoms with van der Waals surface area (Å²) in [5.41, 5.74) is 4.35. The molecule has 0 fully saturated rings. The van der Waals surface area contributed by atoms with Gasteiger partial charge in [-0.05, 0) is 40.8 Å². The van der Waals surface area contributed by atoms with Crippen molar-refractivity contribution < 1.29 is 18.1 Å². The molecule has 3 aromatic rings. The van der Waals surface area contributed by atoms with Crippen LogP contribution in [-0.2, 0) is 16.5 Å². The summed E-state index contributed by atoms with van der Waals surface area (Å²) in [6, 6.07) is 21.1. The molecular formula is C24H26O4S. The van der Waals surface area contributed by atoms with Crippen LogP contribution in [0.2, 0.25) is 0 Å². The van der Waals surface area contributed by atoms with Gasteiger partial charge in [-0.3, -0.25) is 4.55 Å². The molecule has 0 aliphatic heterocycles. The van der Waals surface area contributed by atoms with Gasteiger partial charge in [0.1, 0.15) is 5.75 Å². The molecule has 0 aliphatic carbocycles. The highest BCUT2D eigenvalue weighted by Gasteiger charge is 2.21. The predicted molar refractivity (Wildman–Crippen MR) is 115 cm³/mol. The third kappa shape index (κ3) is 4.52. The summed E-state index contributed by atoms with van der Waals surface area (Å²) in [4.78, 5) is -0.191. The van der Waals surface area contributed by atoms with Gasteiger partial charge in [-0.1, -0.05) is 75.4 Å². The Morgan fingerprint density at radius 2 is 1.34 bits per heavy atom. The Morgan fingerprint density at radius 1 is 0.828 bits per heavy atom. The minimum absolute atomic E-state index is 0.0779. The summed E-state index contributed by atoms with van der Waals surface area (Å²) in [5, 5.41) is 10.6. The molecule has 0 bridgehead atoms. The average molecular weight is 411 g/mol. The first-order valence-corrected chi connectivity index (χ1v) is 11.1. The first-order valence-electron chi connectivity index (χ1n) is 9.70. The SMILES string of the molecule is CCc1cc(S(=O)(=O)O)cc(C(C)c2ccc(C(C)c3ccccc3)cc2)c1O. The van der Waals surface area contributed by atoms with Crippen LogP contribution in [0.15, 0.2) is 71.6 Å². The molecule has 5 heteroatoms. The molecule has 29 heavy (non-hydrogen) atoms. The molecule has 2 unspecified atom stereocenters. The van der Waals surface area contributed by atoms with E-state index in [1.807, 2.05) is 44.2 Å². The number of hydrogen-bond acceptors (Lipinski definition) is 3. The predicted octanol–water partition coefficient (Wildman–Crippen LogP) is 5.50. The fourth-order valence-electron chi connectivity index (χ4n) is 3.62. The molecule has 3 rings (SSSR count). The number of phenolic OH excluding ortho intramolecular Hbond substituents is 1. The van der Waals surface area contributed by atoms with Crippen molar-refractivity contribution in [3.63, 3.8) is 0 Å². The van der Waals surface area contributed by atoms with E-state index in [9.17, 15) is 18.1 Å². The lowest BCUT2D eigenvalue weighted by molar-refractivity contribution is 0.457. The van der Waals surface area contributed by atoms with Gasteiger partial charge < -0.3 is 5.11 Å². The number of aryl methyl sites for hydroxylation is 1. The minimum Gasteiger partial charge on any atom is -0.507 e.